The number of ether oxygens (including phenoxy) is 4. The predicted octanol–water partition coefficient (Wildman–Crippen LogP) is 3.89. The van der Waals surface area contributed by atoms with Crippen molar-refractivity contribution in [3.05, 3.63) is 84.1 Å². The van der Waals surface area contributed by atoms with Crippen molar-refractivity contribution in [2.45, 2.75) is 11.4 Å². The molecule has 1 N–H and O–H groups in total. The van der Waals surface area contributed by atoms with Crippen molar-refractivity contribution < 1.29 is 32.2 Å². The van der Waals surface area contributed by atoms with E-state index in [0.29, 0.717) is 47.8 Å². The first kappa shape index (κ1) is 30.3. The number of aromatic nitrogens is 2. The van der Waals surface area contributed by atoms with Crippen LogP contribution in [-0.2, 0) is 26.0 Å². The van der Waals surface area contributed by atoms with Crippen LogP contribution in [0.3, 0.4) is 0 Å². The molecule has 0 aliphatic heterocycles. The standard InChI is InChI=1S/C30H30N4O7S/c1-38-14-16-40-27-18-23(25-10-6-7-11-28(25)42(36,37)32-21-31)12-13-24(27)19-34-26(20-35)30(41-17-15-39-2)33-29(34)22-8-4-3-5-9-22/h3-13,18,20,32H,14-17,19H2,1-2H3. The van der Waals surface area contributed by atoms with Crippen molar-refractivity contribution in [3.63, 3.8) is 0 Å². The van der Waals surface area contributed by atoms with E-state index in [1.807, 2.05) is 35.1 Å². The van der Waals surface area contributed by atoms with Crippen LogP contribution in [0.4, 0.5) is 0 Å². The third-order valence-corrected chi connectivity index (χ3v) is 7.55. The fourth-order valence-corrected chi connectivity index (χ4v) is 5.26. The molecule has 0 amide bonds. The molecule has 0 bridgehead atoms. The fourth-order valence-electron chi connectivity index (χ4n) is 4.30. The van der Waals surface area contributed by atoms with Gasteiger partial charge in [-0.1, -0.05) is 60.7 Å². The van der Waals surface area contributed by atoms with Crippen molar-refractivity contribution in [2.75, 3.05) is 40.6 Å². The second-order valence-corrected chi connectivity index (χ2v) is 10.6. The van der Waals surface area contributed by atoms with Gasteiger partial charge in [0.05, 0.1) is 24.7 Å². The highest BCUT2D eigenvalue weighted by molar-refractivity contribution is 7.89. The SMILES string of the molecule is COCCOc1cc(-c2ccccc2S(=O)(=O)NC#N)ccc1Cn1c(-c2ccccc2)nc(OCCOC)c1C=O. The molecular formula is C30H30N4O7S. The Bertz CT molecular complexity index is 1660. The summed E-state index contributed by atoms with van der Waals surface area (Å²) in [4.78, 5) is 16.9. The quantitative estimate of drug-likeness (QED) is 0.0944. The second-order valence-electron chi connectivity index (χ2n) is 8.91. The number of hydrogen-bond acceptors (Lipinski definition) is 9. The van der Waals surface area contributed by atoms with Crippen molar-refractivity contribution in [2.24, 2.45) is 0 Å². The van der Waals surface area contributed by atoms with Crippen LogP contribution >= 0.6 is 0 Å². The molecule has 0 fully saturated rings. The molecule has 1 aromatic heterocycles. The van der Waals surface area contributed by atoms with Gasteiger partial charge in [0.15, 0.2) is 12.5 Å². The van der Waals surface area contributed by atoms with E-state index < -0.39 is 10.0 Å². The average molecular weight is 591 g/mol. The zero-order valence-corrected chi connectivity index (χ0v) is 24.0. The lowest BCUT2D eigenvalue weighted by Gasteiger charge is -2.17. The van der Waals surface area contributed by atoms with E-state index in [0.717, 1.165) is 5.56 Å². The van der Waals surface area contributed by atoms with E-state index in [1.54, 1.807) is 55.2 Å². The molecule has 0 radical (unpaired) electrons. The van der Waals surface area contributed by atoms with E-state index in [4.69, 9.17) is 24.2 Å². The van der Waals surface area contributed by atoms with Gasteiger partial charge in [0.1, 0.15) is 30.5 Å². The van der Waals surface area contributed by atoms with Crippen LogP contribution in [0.2, 0.25) is 0 Å². The van der Waals surface area contributed by atoms with Crippen LogP contribution in [0.5, 0.6) is 11.6 Å². The molecule has 0 aliphatic carbocycles. The van der Waals surface area contributed by atoms with Crippen LogP contribution in [-0.4, -0.2) is 64.9 Å². The van der Waals surface area contributed by atoms with Crippen LogP contribution in [0.15, 0.2) is 77.7 Å². The highest BCUT2D eigenvalue weighted by Gasteiger charge is 2.23. The van der Waals surface area contributed by atoms with Crippen LogP contribution in [0.25, 0.3) is 22.5 Å². The Morgan fingerprint density at radius 3 is 2.29 bits per heavy atom. The first-order chi connectivity index (χ1) is 20.4. The molecule has 4 rings (SSSR count). The molecule has 218 valence electrons. The smallest absolute Gasteiger partial charge is 0.270 e. The summed E-state index contributed by atoms with van der Waals surface area (Å²) in [6, 6.07) is 21.1. The molecule has 3 aromatic carbocycles. The maximum Gasteiger partial charge on any atom is 0.270 e. The van der Waals surface area contributed by atoms with Gasteiger partial charge in [-0.3, -0.25) is 4.79 Å². The van der Waals surface area contributed by atoms with Gasteiger partial charge in [0, 0.05) is 30.9 Å². The first-order valence-corrected chi connectivity index (χ1v) is 14.4. The molecule has 4 aromatic rings. The van der Waals surface area contributed by atoms with E-state index in [2.05, 4.69) is 4.98 Å². The van der Waals surface area contributed by atoms with E-state index in [1.165, 1.54) is 12.3 Å². The summed E-state index contributed by atoms with van der Waals surface area (Å²) in [6.07, 6.45) is 2.18. The van der Waals surface area contributed by atoms with Crippen molar-refractivity contribution in [1.82, 2.24) is 14.3 Å². The topological polar surface area (TPSA) is 142 Å². The Morgan fingerprint density at radius 1 is 0.905 bits per heavy atom. The summed E-state index contributed by atoms with van der Waals surface area (Å²) < 4.78 is 51.2. The molecular weight excluding hydrogens is 560 g/mol. The van der Waals surface area contributed by atoms with Crippen LogP contribution in [0, 0.1) is 11.5 Å². The zero-order valence-electron chi connectivity index (χ0n) is 23.1. The molecule has 0 aliphatic rings. The third kappa shape index (κ3) is 6.95. The van der Waals surface area contributed by atoms with Gasteiger partial charge in [0.2, 0.25) is 5.88 Å². The van der Waals surface area contributed by atoms with Crippen molar-refractivity contribution in [3.8, 4) is 40.3 Å². The number of nitrogens with zero attached hydrogens (tertiary/aromatic N) is 3. The van der Waals surface area contributed by atoms with Crippen molar-refractivity contribution in [1.29, 1.82) is 5.26 Å². The second kappa shape index (κ2) is 14.3. The minimum absolute atomic E-state index is 0.0517. The number of aldehydes is 1. The Labute approximate surface area is 244 Å². The Morgan fingerprint density at radius 2 is 1.60 bits per heavy atom. The van der Waals surface area contributed by atoms with Gasteiger partial charge >= 0.3 is 0 Å². The van der Waals surface area contributed by atoms with Gasteiger partial charge in [-0.15, -0.1) is 0 Å². The minimum Gasteiger partial charge on any atom is -0.491 e. The summed E-state index contributed by atoms with van der Waals surface area (Å²) in [5.74, 6) is 1.16. The fraction of sp³-hybridized carbons (Fsp3) is 0.233. The first-order valence-electron chi connectivity index (χ1n) is 12.9. The number of imidazole rings is 1. The number of nitriles is 1. The number of rotatable bonds is 15. The third-order valence-electron chi connectivity index (χ3n) is 6.25. The molecule has 11 nitrogen and oxygen atoms in total. The van der Waals surface area contributed by atoms with E-state index in [-0.39, 0.29) is 36.2 Å². The van der Waals surface area contributed by atoms with Gasteiger partial charge in [0.25, 0.3) is 10.0 Å². The molecule has 1 heterocycles. The lowest BCUT2D eigenvalue weighted by Crippen LogP contribution is -2.18. The van der Waals surface area contributed by atoms with Gasteiger partial charge in [-0.05, 0) is 17.7 Å². The Kier molecular flexibility index (Phi) is 10.3. The summed E-state index contributed by atoms with van der Waals surface area (Å²) in [7, 11) is -0.965. The van der Waals surface area contributed by atoms with Crippen molar-refractivity contribution >= 4 is 16.3 Å². The molecule has 0 saturated carbocycles. The van der Waals surface area contributed by atoms with E-state index in [9.17, 15) is 13.2 Å². The Balaban J connectivity index is 1.82. The van der Waals surface area contributed by atoms with Gasteiger partial charge in [-0.2, -0.15) is 10.2 Å². The largest absolute Gasteiger partial charge is 0.491 e. The summed E-state index contributed by atoms with van der Waals surface area (Å²) in [6.45, 7) is 1.28. The number of carbonyl (C=O) groups excluding carboxylic acids is 1. The monoisotopic (exact) mass is 590 g/mol. The summed E-state index contributed by atoms with van der Waals surface area (Å²) in [5, 5.41) is 8.96. The predicted molar refractivity (Wildman–Crippen MR) is 155 cm³/mol. The highest BCUT2D eigenvalue weighted by atomic mass is 32.2. The number of carbonyl (C=O) groups is 1. The number of sulfonamides is 1. The number of hydrogen-bond donors (Lipinski definition) is 1. The molecule has 12 heteroatoms. The van der Waals surface area contributed by atoms with Crippen LogP contribution in [0.1, 0.15) is 16.1 Å². The highest BCUT2D eigenvalue weighted by Crippen LogP contribution is 2.34. The number of methoxy groups -OCH3 is 2. The average Bonchev–Trinajstić information content (AvgIpc) is 3.35. The lowest BCUT2D eigenvalue weighted by atomic mass is 10.0. The Hall–Kier alpha value is -4.70. The van der Waals surface area contributed by atoms with Gasteiger partial charge < -0.3 is 23.5 Å². The summed E-state index contributed by atoms with van der Waals surface area (Å²) in [5.41, 5.74) is 2.67. The molecule has 0 atom stereocenters. The molecule has 0 saturated heterocycles. The lowest BCUT2D eigenvalue weighted by molar-refractivity contribution is 0.110. The van der Waals surface area contributed by atoms with E-state index >= 15 is 0 Å². The van der Waals surface area contributed by atoms with Crippen LogP contribution < -0.4 is 14.2 Å². The maximum atomic E-state index is 12.7. The minimum atomic E-state index is -4.08. The summed E-state index contributed by atoms with van der Waals surface area (Å²) >= 11 is 0. The number of nitrogens with one attached hydrogen (secondary N) is 1. The number of benzene rings is 3. The molecule has 0 unspecified atom stereocenters. The van der Waals surface area contributed by atoms with Gasteiger partial charge in [-0.25, -0.2) is 13.1 Å². The normalized spacial score (nSPS) is 11.1. The molecule has 42 heavy (non-hydrogen) atoms. The molecule has 0 spiro atoms. The zero-order chi connectivity index (χ0) is 30.0. The maximum absolute atomic E-state index is 12.7.